The van der Waals surface area contributed by atoms with Crippen LogP contribution >= 0.6 is 0 Å². The predicted molar refractivity (Wildman–Crippen MR) is 109 cm³/mol. The van der Waals surface area contributed by atoms with Gasteiger partial charge in [-0.3, -0.25) is 14.6 Å². The molecular weight excluding hydrogens is 392 g/mol. The minimum absolute atomic E-state index is 0.00987. The summed E-state index contributed by atoms with van der Waals surface area (Å²) in [6.07, 6.45) is 3.48. The summed E-state index contributed by atoms with van der Waals surface area (Å²) in [5, 5.41) is 0. The second-order valence-corrected chi connectivity index (χ2v) is 9.51. The van der Waals surface area contributed by atoms with Gasteiger partial charge in [-0.15, -0.1) is 0 Å². The van der Waals surface area contributed by atoms with Gasteiger partial charge >= 0.3 is 0 Å². The number of ketones is 2. The quantitative estimate of drug-likeness (QED) is 0.594. The molecule has 0 bridgehead atoms. The van der Waals surface area contributed by atoms with Crippen molar-refractivity contribution in [2.75, 3.05) is 4.72 Å². The molecule has 1 fully saturated rings. The van der Waals surface area contributed by atoms with Gasteiger partial charge in [0.1, 0.15) is 17.5 Å². The van der Waals surface area contributed by atoms with E-state index >= 15 is 0 Å². The Hall–Kier alpha value is -2.94. The number of nitrogens with zero attached hydrogens (tertiary/aromatic N) is 3. The molecule has 0 saturated heterocycles. The molecule has 8 nitrogen and oxygen atoms in total. The van der Waals surface area contributed by atoms with Crippen molar-refractivity contribution in [3.05, 3.63) is 42.2 Å². The second kappa shape index (κ2) is 7.82. The van der Waals surface area contributed by atoms with Crippen molar-refractivity contribution in [1.29, 1.82) is 0 Å². The normalized spacial score (nSPS) is 17.6. The van der Waals surface area contributed by atoms with Crippen LogP contribution in [0, 0.1) is 18.3 Å². The van der Waals surface area contributed by atoms with Gasteiger partial charge in [0.2, 0.25) is 5.95 Å². The first-order valence-corrected chi connectivity index (χ1v) is 10.6. The molecule has 1 saturated carbocycles. The number of aliphatic imine (C=N–C) groups is 1. The fourth-order valence-electron chi connectivity index (χ4n) is 3.12. The van der Waals surface area contributed by atoms with Crippen LogP contribution in [0.5, 0.6) is 0 Å². The third-order valence-corrected chi connectivity index (χ3v) is 5.88. The largest absolute Gasteiger partial charge is 0.298 e. The van der Waals surface area contributed by atoms with Crippen LogP contribution in [0.4, 0.5) is 11.6 Å². The summed E-state index contributed by atoms with van der Waals surface area (Å²) in [6.45, 7) is 5.52. The number of hydrogen-bond acceptors (Lipinski definition) is 7. The summed E-state index contributed by atoms with van der Waals surface area (Å²) in [5.41, 5.74) is 0.765. The van der Waals surface area contributed by atoms with Crippen molar-refractivity contribution in [3.8, 4) is 0 Å². The third-order valence-electron chi connectivity index (χ3n) is 4.54. The van der Waals surface area contributed by atoms with E-state index in [0.29, 0.717) is 24.2 Å². The molecule has 0 unspecified atom stereocenters. The Morgan fingerprint density at radius 2 is 1.72 bits per heavy atom. The number of aromatic nitrogens is 2. The van der Waals surface area contributed by atoms with Crippen LogP contribution < -0.4 is 4.72 Å². The number of carbonyl (C=O) groups excluding carboxylic acids is 2. The van der Waals surface area contributed by atoms with Gasteiger partial charge in [-0.2, -0.15) is 0 Å². The van der Waals surface area contributed by atoms with Crippen molar-refractivity contribution in [3.63, 3.8) is 0 Å². The summed E-state index contributed by atoms with van der Waals surface area (Å²) < 4.78 is 27.2. The Labute approximate surface area is 169 Å². The highest BCUT2D eigenvalue weighted by Crippen LogP contribution is 2.33. The first kappa shape index (κ1) is 20.8. The van der Waals surface area contributed by atoms with Crippen LogP contribution in [0.25, 0.3) is 0 Å². The van der Waals surface area contributed by atoms with Gasteiger partial charge in [0.05, 0.1) is 10.6 Å². The van der Waals surface area contributed by atoms with Gasteiger partial charge in [-0.1, -0.05) is 13.8 Å². The zero-order valence-electron chi connectivity index (χ0n) is 16.4. The number of carbonyl (C=O) groups is 2. The molecule has 0 radical (unpaired) electrons. The molecule has 0 aliphatic heterocycles. The van der Waals surface area contributed by atoms with Gasteiger partial charge in [0.25, 0.3) is 10.0 Å². The van der Waals surface area contributed by atoms with E-state index in [1.54, 1.807) is 13.0 Å². The Morgan fingerprint density at radius 1 is 1.10 bits per heavy atom. The van der Waals surface area contributed by atoms with Crippen LogP contribution in [0.1, 0.15) is 32.4 Å². The molecule has 152 valence electrons. The van der Waals surface area contributed by atoms with Gasteiger partial charge < -0.3 is 0 Å². The molecule has 9 heteroatoms. The third kappa shape index (κ3) is 5.11. The van der Waals surface area contributed by atoms with Crippen molar-refractivity contribution < 1.29 is 18.0 Å². The molecule has 1 aliphatic carbocycles. The van der Waals surface area contributed by atoms with Gasteiger partial charge in [-0.05, 0) is 42.7 Å². The number of sulfonamides is 1. The SMILES string of the molecule is Cc1ccnc(NS(=O)(=O)c2ccc(N=CC3C(=O)CC(C)(C)CC3=O)cc2)n1. The molecule has 1 N–H and O–H groups in total. The first-order valence-electron chi connectivity index (χ1n) is 9.08. The van der Waals surface area contributed by atoms with Crippen LogP contribution in [0.3, 0.4) is 0 Å². The van der Waals surface area contributed by atoms with Gasteiger partial charge in [-0.25, -0.2) is 23.1 Å². The maximum absolute atomic E-state index is 12.5. The van der Waals surface area contributed by atoms with E-state index in [1.807, 2.05) is 13.8 Å². The Bertz CT molecular complexity index is 1060. The number of nitrogens with one attached hydrogen (secondary N) is 1. The molecule has 29 heavy (non-hydrogen) atoms. The van der Waals surface area contributed by atoms with E-state index in [4.69, 9.17) is 0 Å². The molecule has 1 aromatic heterocycles. The fraction of sp³-hybridized carbons (Fsp3) is 0.350. The molecule has 2 aromatic rings. The maximum atomic E-state index is 12.5. The number of hydrogen-bond donors (Lipinski definition) is 1. The van der Waals surface area contributed by atoms with E-state index in [0.717, 1.165) is 0 Å². The summed E-state index contributed by atoms with van der Waals surface area (Å²) in [5.74, 6) is -1.14. The van der Waals surface area contributed by atoms with Crippen molar-refractivity contribution in [1.82, 2.24) is 9.97 Å². The zero-order valence-corrected chi connectivity index (χ0v) is 17.2. The lowest BCUT2D eigenvalue weighted by Gasteiger charge is -2.30. The summed E-state index contributed by atoms with van der Waals surface area (Å²) in [4.78, 5) is 36.5. The first-order chi connectivity index (χ1) is 13.6. The van der Waals surface area contributed by atoms with Gasteiger partial charge in [0, 0.05) is 30.9 Å². The van der Waals surface area contributed by atoms with E-state index in [-0.39, 0.29) is 27.8 Å². The highest BCUT2D eigenvalue weighted by molar-refractivity contribution is 7.92. The molecular formula is C20H22N4O4S. The van der Waals surface area contributed by atoms with Crippen LogP contribution in [0.2, 0.25) is 0 Å². The van der Waals surface area contributed by atoms with Crippen LogP contribution in [-0.2, 0) is 19.6 Å². The highest BCUT2D eigenvalue weighted by Gasteiger charge is 2.38. The van der Waals surface area contributed by atoms with Crippen molar-refractivity contribution >= 4 is 39.4 Å². The number of anilines is 1. The summed E-state index contributed by atoms with van der Waals surface area (Å²) >= 11 is 0. The van der Waals surface area contributed by atoms with Gasteiger partial charge in [0.15, 0.2) is 0 Å². The topological polar surface area (TPSA) is 118 Å². The van der Waals surface area contributed by atoms with E-state index in [1.165, 1.54) is 36.7 Å². The van der Waals surface area contributed by atoms with Crippen LogP contribution in [-0.4, -0.2) is 36.2 Å². The Balaban J connectivity index is 1.72. The lowest BCUT2D eigenvalue weighted by molar-refractivity contribution is -0.136. The molecule has 3 rings (SSSR count). The maximum Gasteiger partial charge on any atom is 0.264 e. The molecule has 0 atom stereocenters. The zero-order chi connectivity index (χ0) is 21.2. The molecule has 0 spiro atoms. The minimum atomic E-state index is -3.85. The minimum Gasteiger partial charge on any atom is -0.298 e. The number of rotatable bonds is 5. The van der Waals surface area contributed by atoms with E-state index in [9.17, 15) is 18.0 Å². The predicted octanol–water partition coefficient (Wildman–Crippen LogP) is 2.86. The molecule has 0 amide bonds. The fourth-order valence-corrected chi connectivity index (χ4v) is 4.07. The monoisotopic (exact) mass is 414 g/mol. The van der Waals surface area contributed by atoms with E-state index in [2.05, 4.69) is 19.7 Å². The number of aryl methyl sites for hydroxylation is 1. The van der Waals surface area contributed by atoms with Crippen LogP contribution in [0.15, 0.2) is 46.4 Å². The smallest absolute Gasteiger partial charge is 0.264 e. The Kier molecular flexibility index (Phi) is 5.61. The van der Waals surface area contributed by atoms with Crippen molar-refractivity contribution in [2.45, 2.75) is 38.5 Å². The van der Waals surface area contributed by atoms with Crippen molar-refractivity contribution in [2.24, 2.45) is 16.3 Å². The van der Waals surface area contributed by atoms with E-state index < -0.39 is 15.9 Å². The average molecular weight is 414 g/mol. The molecule has 1 heterocycles. The number of benzene rings is 1. The lowest BCUT2D eigenvalue weighted by Crippen LogP contribution is -2.38. The lowest BCUT2D eigenvalue weighted by atomic mass is 9.72. The standard InChI is InChI=1S/C20H22N4O4S/c1-13-8-9-21-19(23-13)24-29(27,28)15-6-4-14(5-7-15)22-12-16-17(25)10-20(2,3)11-18(16)26/h4-9,12,16H,10-11H2,1-3H3,(H,21,23,24). The second-order valence-electron chi connectivity index (χ2n) is 7.83. The molecule has 1 aromatic carbocycles. The molecule has 1 aliphatic rings. The Morgan fingerprint density at radius 3 is 2.31 bits per heavy atom. The highest BCUT2D eigenvalue weighted by atomic mass is 32.2. The average Bonchev–Trinajstić information content (AvgIpc) is 2.60. The summed E-state index contributed by atoms with van der Waals surface area (Å²) in [7, 11) is -3.85. The summed E-state index contributed by atoms with van der Waals surface area (Å²) in [6, 6.07) is 7.44. The number of Topliss-reactive ketones (excluding diaryl/α,β-unsaturated/α-hetero) is 2.